The minimum Gasteiger partial charge on any atom is -0.351 e. The van der Waals surface area contributed by atoms with Gasteiger partial charge in [-0.3, -0.25) is 14.5 Å². The zero-order chi connectivity index (χ0) is 19.2. The first-order chi connectivity index (χ1) is 13.0. The molecule has 0 aliphatic carbocycles. The Kier molecular flexibility index (Phi) is 5.83. The SMILES string of the molecule is CC(=O)Nc1ccc(CNC(=O)CN(C)Cc2cnc3ccccn23)cc1. The molecule has 0 spiro atoms. The van der Waals surface area contributed by atoms with E-state index >= 15 is 0 Å². The molecule has 0 aliphatic heterocycles. The lowest BCUT2D eigenvalue weighted by molar-refractivity contribution is -0.122. The number of anilines is 1. The molecular weight excluding hydrogens is 342 g/mol. The van der Waals surface area contributed by atoms with E-state index in [1.54, 1.807) is 0 Å². The molecule has 2 amide bonds. The molecule has 7 heteroatoms. The van der Waals surface area contributed by atoms with Crippen molar-refractivity contribution in [1.29, 1.82) is 0 Å². The molecule has 1 aromatic carbocycles. The second-order valence-corrected chi connectivity index (χ2v) is 6.51. The van der Waals surface area contributed by atoms with E-state index in [-0.39, 0.29) is 11.8 Å². The molecule has 0 saturated heterocycles. The molecule has 2 N–H and O–H groups in total. The molecule has 0 bridgehead atoms. The van der Waals surface area contributed by atoms with Crippen LogP contribution in [-0.4, -0.2) is 39.7 Å². The third-order valence-corrected chi connectivity index (χ3v) is 4.10. The molecule has 3 rings (SSSR count). The predicted molar refractivity (Wildman–Crippen MR) is 104 cm³/mol. The van der Waals surface area contributed by atoms with Crippen LogP contribution < -0.4 is 10.6 Å². The predicted octanol–water partition coefficient (Wildman–Crippen LogP) is 2.04. The zero-order valence-corrected chi connectivity index (χ0v) is 15.5. The van der Waals surface area contributed by atoms with Crippen molar-refractivity contribution in [1.82, 2.24) is 19.6 Å². The highest BCUT2D eigenvalue weighted by atomic mass is 16.2. The number of likely N-dealkylation sites (N-methyl/N-ethyl adjacent to an activating group) is 1. The lowest BCUT2D eigenvalue weighted by atomic mass is 10.2. The van der Waals surface area contributed by atoms with E-state index in [1.165, 1.54) is 6.92 Å². The molecule has 0 unspecified atom stereocenters. The molecule has 0 aliphatic rings. The summed E-state index contributed by atoms with van der Waals surface area (Å²) in [4.78, 5) is 29.5. The lowest BCUT2D eigenvalue weighted by Crippen LogP contribution is -2.34. The van der Waals surface area contributed by atoms with E-state index in [2.05, 4.69) is 15.6 Å². The van der Waals surface area contributed by atoms with Gasteiger partial charge in [0.2, 0.25) is 11.8 Å². The third kappa shape index (κ3) is 5.15. The number of benzene rings is 1. The zero-order valence-electron chi connectivity index (χ0n) is 15.5. The summed E-state index contributed by atoms with van der Waals surface area (Å²) in [7, 11) is 1.91. The Morgan fingerprint density at radius 2 is 1.93 bits per heavy atom. The number of pyridine rings is 1. The Balaban J connectivity index is 1.48. The molecular formula is C20H23N5O2. The van der Waals surface area contributed by atoms with Crippen LogP contribution in [0.2, 0.25) is 0 Å². The summed E-state index contributed by atoms with van der Waals surface area (Å²) in [6.07, 6.45) is 3.80. The van der Waals surface area contributed by atoms with Gasteiger partial charge in [-0.1, -0.05) is 18.2 Å². The molecule has 27 heavy (non-hydrogen) atoms. The summed E-state index contributed by atoms with van der Waals surface area (Å²) in [5.41, 5.74) is 3.65. The fraction of sp³-hybridized carbons (Fsp3) is 0.250. The van der Waals surface area contributed by atoms with Crippen molar-refractivity contribution in [2.75, 3.05) is 18.9 Å². The van der Waals surface area contributed by atoms with Crippen molar-refractivity contribution in [3.63, 3.8) is 0 Å². The van der Waals surface area contributed by atoms with Gasteiger partial charge in [0.15, 0.2) is 0 Å². The van der Waals surface area contributed by atoms with Gasteiger partial charge in [0.25, 0.3) is 0 Å². The molecule has 7 nitrogen and oxygen atoms in total. The number of rotatable bonds is 7. The average Bonchev–Trinajstić information content (AvgIpc) is 3.03. The minimum absolute atomic E-state index is 0.0442. The maximum Gasteiger partial charge on any atom is 0.234 e. The van der Waals surface area contributed by atoms with Crippen LogP contribution in [0.1, 0.15) is 18.2 Å². The van der Waals surface area contributed by atoms with Crippen LogP contribution in [0, 0.1) is 0 Å². The Morgan fingerprint density at radius 1 is 1.15 bits per heavy atom. The maximum atomic E-state index is 12.2. The number of imidazole rings is 1. The van der Waals surface area contributed by atoms with Crippen LogP contribution in [0.5, 0.6) is 0 Å². The van der Waals surface area contributed by atoms with Crippen molar-refractivity contribution in [3.05, 3.63) is 66.1 Å². The first-order valence-electron chi connectivity index (χ1n) is 8.74. The van der Waals surface area contributed by atoms with E-state index in [0.29, 0.717) is 19.6 Å². The molecule has 140 valence electrons. The van der Waals surface area contributed by atoms with E-state index in [0.717, 1.165) is 22.6 Å². The van der Waals surface area contributed by atoms with Crippen molar-refractivity contribution < 1.29 is 9.59 Å². The Hall–Kier alpha value is -3.19. The van der Waals surface area contributed by atoms with Gasteiger partial charge >= 0.3 is 0 Å². The van der Waals surface area contributed by atoms with Crippen LogP contribution >= 0.6 is 0 Å². The number of nitrogens with zero attached hydrogens (tertiary/aromatic N) is 3. The number of amides is 2. The van der Waals surface area contributed by atoms with E-state index in [9.17, 15) is 9.59 Å². The van der Waals surface area contributed by atoms with Gasteiger partial charge in [-0.05, 0) is 36.9 Å². The first-order valence-corrected chi connectivity index (χ1v) is 8.74. The number of aromatic nitrogens is 2. The average molecular weight is 365 g/mol. The molecule has 2 heterocycles. The molecule has 0 radical (unpaired) electrons. The maximum absolute atomic E-state index is 12.2. The van der Waals surface area contributed by atoms with Gasteiger partial charge < -0.3 is 15.0 Å². The standard InChI is InChI=1S/C20H23N5O2/c1-15(26)23-17-8-6-16(7-9-17)11-22-20(27)14-24(2)13-18-12-21-19-5-3-4-10-25(18)19/h3-10,12H,11,13-14H2,1-2H3,(H,22,27)(H,23,26). The highest BCUT2D eigenvalue weighted by molar-refractivity contribution is 5.88. The lowest BCUT2D eigenvalue weighted by Gasteiger charge is -2.16. The second-order valence-electron chi connectivity index (χ2n) is 6.51. The number of carbonyl (C=O) groups is 2. The number of nitrogens with one attached hydrogen (secondary N) is 2. The van der Waals surface area contributed by atoms with Crippen molar-refractivity contribution >= 4 is 23.1 Å². The van der Waals surface area contributed by atoms with Gasteiger partial charge in [0, 0.05) is 31.9 Å². The fourth-order valence-electron chi connectivity index (χ4n) is 2.85. The summed E-state index contributed by atoms with van der Waals surface area (Å²) in [6, 6.07) is 13.3. The Labute approximate surface area is 158 Å². The number of hydrogen-bond donors (Lipinski definition) is 2. The Morgan fingerprint density at radius 3 is 2.67 bits per heavy atom. The minimum atomic E-state index is -0.106. The van der Waals surface area contributed by atoms with Crippen molar-refractivity contribution in [2.24, 2.45) is 0 Å². The number of hydrogen-bond acceptors (Lipinski definition) is 4. The number of carbonyl (C=O) groups excluding carboxylic acids is 2. The molecule has 0 fully saturated rings. The van der Waals surface area contributed by atoms with E-state index in [4.69, 9.17) is 0 Å². The van der Waals surface area contributed by atoms with Crippen LogP contribution in [0.4, 0.5) is 5.69 Å². The normalized spacial score (nSPS) is 10.9. The topological polar surface area (TPSA) is 78.7 Å². The fourth-order valence-corrected chi connectivity index (χ4v) is 2.85. The quantitative estimate of drug-likeness (QED) is 0.672. The first kappa shape index (κ1) is 18.6. The Bertz CT molecular complexity index is 933. The smallest absolute Gasteiger partial charge is 0.234 e. The summed E-state index contributed by atoms with van der Waals surface area (Å²) in [6.45, 7) is 2.84. The summed E-state index contributed by atoms with van der Waals surface area (Å²) in [5.74, 6) is -0.151. The van der Waals surface area contributed by atoms with Gasteiger partial charge in [-0.2, -0.15) is 0 Å². The van der Waals surface area contributed by atoms with Gasteiger partial charge in [-0.25, -0.2) is 4.98 Å². The van der Waals surface area contributed by atoms with Crippen molar-refractivity contribution in [3.8, 4) is 0 Å². The van der Waals surface area contributed by atoms with Gasteiger partial charge in [0.05, 0.1) is 18.4 Å². The molecule has 0 saturated carbocycles. The van der Waals surface area contributed by atoms with Crippen LogP contribution in [0.3, 0.4) is 0 Å². The highest BCUT2D eigenvalue weighted by Gasteiger charge is 2.10. The van der Waals surface area contributed by atoms with Crippen LogP contribution in [0.15, 0.2) is 54.9 Å². The largest absolute Gasteiger partial charge is 0.351 e. The number of fused-ring (bicyclic) bond motifs is 1. The van der Waals surface area contributed by atoms with Gasteiger partial charge in [-0.15, -0.1) is 0 Å². The monoisotopic (exact) mass is 365 g/mol. The van der Waals surface area contributed by atoms with E-state index in [1.807, 2.05) is 71.2 Å². The van der Waals surface area contributed by atoms with Crippen LogP contribution in [0.25, 0.3) is 5.65 Å². The van der Waals surface area contributed by atoms with Gasteiger partial charge in [0.1, 0.15) is 5.65 Å². The summed E-state index contributed by atoms with van der Waals surface area (Å²) < 4.78 is 2.02. The molecule has 2 aromatic heterocycles. The molecule has 3 aromatic rings. The van der Waals surface area contributed by atoms with Crippen LogP contribution in [-0.2, 0) is 22.7 Å². The van der Waals surface area contributed by atoms with E-state index < -0.39 is 0 Å². The highest BCUT2D eigenvalue weighted by Crippen LogP contribution is 2.10. The third-order valence-electron chi connectivity index (χ3n) is 4.10. The molecule has 0 atom stereocenters. The van der Waals surface area contributed by atoms with Crippen molar-refractivity contribution in [2.45, 2.75) is 20.0 Å². The summed E-state index contributed by atoms with van der Waals surface area (Å²) in [5, 5.41) is 5.63. The summed E-state index contributed by atoms with van der Waals surface area (Å²) >= 11 is 0. The second kappa shape index (κ2) is 8.46.